The van der Waals surface area contributed by atoms with Gasteiger partial charge in [-0.15, -0.1) is 0 Å². The van der Waals surface area contributed by atoms with Crippen LogP contribution < -0.4 is 0 Å². The largest absolute Gasteiger partial charge is 0.270 e. The van der Waals surface area contributed by atoms with E-state index in [1.807, 2.05) is 0 Å². The van der Waals surface area contributed by atoms with Crippen molar-refractivity contribution in [1.82, 2.24) is 0 Å². The number of halogens is 5. The molecule has 88 valence electrons. The Morgan fingerprint density at radius 2 is 1.50 bits per heavy atom. The summed E-state index contributed by atoms with van der Waals surface area (Å²) in [4.78, 5) is 9.37. The van der Waals surface area contributed by atoms with Crippen LogP contribution in [0.5, 0.6) is 0 Å². The van der Waals surface area contributed by atoms with Crippen molar-refractivity contribution >= 4 is 21.6 Å². The summed E-state index contributed by atoms with van der Waals surface area (Å²) in [5.41, 5.74) is -2.41. The normalized spacial score (nSPS) is 11.2. The highest BCUT2D eigenvalue weighted by molar-refractivity contribution is 9.10. The molecule has 0 N–H and O–H groups in total. The highest BCUT2D eigenvalue weighted by Gasteiger charge is 2.24. The molecule has 0 aromatic heterocycles. The van der Waals surface area contributed by atoms with Gasteiger partial charge in [0, 0.05) is 27.7 Å². The van der Waals surface area contributed by atoms with E-state index < -0.39 is 39.1 Å². The summed E-state index contributed by atoms with van der Waals surface area (Å²) >= 11 is 2.58. The fraction of sp³-hybridized carbons (Fsp3) is 0.250. The Bertz CT molecular complexity index is 395. The number of alkyl halides is 4. The van der Waals surface area contributed by atoms with E-state index in [0.717, 1.165) is 0 Å². The molecule has 0 saturated heterocycles. The molecule has 16 heavy (non-hydrogen) atoms. The van der Waals surface area contributed by atoms with Crippen LogP contribution in [0.3, 0.4) is 0 Å². The predicted octanol–water partition coefficient (Wildman–Crippen LogP) is 4.23. The van der Waals surface area contributed by atoms with Gasteiger partial charge in [0.25, 0.3) is 18.5 Å². The summed E-state index contributed by atoms with van der Waals surface area (Å²) < 4.78 is 49.2. The van der Waals surface area contributed by atoms with Gasteiger partial charge in [0.15, 0.2) is 0 Å². The number of benzene rings is 1. The van der Waals surface area contributed by atoms with Crippen molar-refractivity contribution in [1.29, 1.82) is 0 Å². The number of nitro benzene ring substituents is 1. The van der Waals surface area contributed by atoms with E-state index in [0.29, 0.717) is 12.1 Å². The lowest BCUT2D eigenvalue weighted by molar-refractivity contribution is -0.385. The van der Waals surface area contributed by atoms with Crippen LogP contribution in [-0.4, -0.2) is 4.92 Å². The van der Waals surface area contributed by atoms with Gasteiger partial charge in [0.1, 0.15) is 0 Å². The van der Waals surface area contributed by atoms with Gasteiger partial charge in [-0.1, -0.05) is 0 Å². The molecule has 0 spiro atoms. The molecule has 0 fully saturated rings. The third kappa shape index (κ3) is 2.49. The average Bonchev–Trinajstić information content (AvgIpc) is 2.16. The topological polar surface area (TPSA) is 43.1 Å². The van der Waals surface area contributed by atoms with Gasteiger partial charge < -0.3 is 0 Å². The first-order valence-corrected chi connectivity index (χ1v) is 4.68. The molecule has 0 aliphatic heterocycles. The van der Waals surface area contributed by atoms with Crippen molar-refractivity contribution in [3.05, 3.63) is 37.8 Å². The molecule has 0 aliphatic carbocycles. The third-order valence-corrected chi connectivity index (χ3v) is 2.71. The third-order valence-electron chi connectivity index (χ3n) is 1.79. The minimum atomic E-state index is -3.06. The van der Waals surface area contributed by atoms with Crippen LogP contribution in [0.4, 0.5) is 23.2 Å². The van der Waals surface area contributed by atoms with E-state index >= 15 is 0 Å². The summed E-state index contributed by atoms with van der Waals surface area (Å²) in [5.74, 6) is 0. The lowest BCUT2D eigenvalue weighted by Gasteiger charge is -2.08. The van der Waals surface area contributed by atoms with Crippen molar-refractivity contribution in [2.24, 2.45) is 0 Å². The fourth-order valence-corrected chi connectivity index (χ4v) is 1.65. The summed E-state index contributed by atoms with van der Waals surface area (Å²) in [6.45, 7) is 0. The Kier molecular flexibility index (Phi) is 3.84. The molecular weight excluding hydrogens is 298 g/mol. The molecule has 0 aliphatic rings. The van der Waals surface area contributed by atoms with Crippen LogP contribution in [0.25, 0.3) is 0 Å². The molecule has 1 rings (SSSR count). The fourth-order valence-electron chi connectivity index (χ4n) is 1.08. The highest BCUT2D eigenvalue weighted by atomic mass is 79.9. The van der Waals surface area contributed by atoms with Gasteiger partial charge in [0.05, 0.1) is 4.92 Å². The lowest BCUT2D eigenvalue weighted by atomic mass is 10.1. The first kappa shape index (κ1) is 12.9. The molecule has 3 nitrogen and oxygen atoms in total. The molecule has 8 heteroatoms. The van der Waals surface area contributed by atoms with Crippen molar-refractivity contribution in [2.45, 2.75) is 12.9 Å². The van der Waals surface area contributed by atoms with Crippen LogP contribution >= 0.6 is 15.9 Å². The first-order valence-electron chi connectivity index (χ1n) is 3.88. The Balaban J connectivity index is 3.45. The molecule has 0 atom stereocenters. The Hall–Kier alpha value is -1.18. The van der Waals surface area contributed by atoms with Crippen LogP contribution in [-0.2, 0) is 0 Å². The summed E-state index contributed by atoms with van der Waals surface area (Å²) in [7, 11) is 0. The van der Waals surface area contributed by atoms with Gasteiger partial charge in [-0.3, -0.25) is 10.1 Å². The Morgan fingerprint density at radius 3 is 1.75 bits per heavy atom. The van der Waals surface area contributed by atoms with Gasteiger partial charge >= 0.3 is 0 Å². The second kappa shape index (κ2) is 4.77. The Morgan fingerprint density at radius 1 is 1.12 bits per heavy atom. The van der Waals surface area contributed by atoms with Crippen LogP contribution in [0.1, 0.15) is 24.0 Å². The highest BCUT2D eigenvalue weighted by Crippen LogP contribution is 2.38. The van der Waals surface area contributed by atoms with Gasteiger partial charge in [0.2, 0.25) is 0 Å². The van der Waals surface area contributed by atoms with E-state index in [9.17, 15) is 27.7 Å². The van der Waals surface area contributed by atoms with Gasteiger partial charge in [-0.25, -0.2) is 17.6 Å². The zero-order valence-corrected chi connectivity index (χ0v) is 9.05. The number of non-ortho nitro benzene ring substituents is 1. The SMILES string of the molecule is O=[N+]([O-])c1cc(C(F)F)c(Br)c(C(F)F)c1. The lowest BCUT2D eigenvalue weighted by Crippen LogP contribution is -1.98. The van der Waals surface area contributed by atoms with Gasteiger partial charge in [-0.05, 0) is 15.9 Å². The zero-order chi connectivity index (χ0) is 12.5. The predicted molar refractivity (Wildman–Crippen MR) is 50.7 cm³/mol. The number of hydrogen-bond acceptors (Lipinski definition) is 2. The maximum absolute atomic E-state index is 12.4. The van der Waals surface area contributed by atoms with Crippen LogP contribution in [0.15, 0.2) is 16.6 Å². The minimum Gasteiger partial charge on any atom is -0.258 e. The molecule has 0 radical (unpaired) electrons. The monoisotopic (exact) mass is 301 g/mol. The van der Waals surface area contributed by atoms with Gasteiger partial charge in [-0.2, -0.15) is 0 Å². The minimum absolute atomic E-state index is 0.497. The number of rotatable bonds is 3. The summed E-state index contributed by atoms with van der Waals surface area (Å²) in [5, 5.41) is 10.4. The van der Waals surface area contributed by atoms with Crippen LogP contribution in [0.2, 0.25) is 0 Å². The van der Waals surface area contributed by atoms with E-state index in [-0.39, 0.29) is 0 Å². The molecule has 0 amide bonds. The smallest absolute Gasteiger partial charge is 0.258 e. The number of nitro groups is 1. The molecule has 0 saturated carbocycles. The van der Waals surface area contributed by atoms with E-state index in [1.165, 1.54) is 0 Å². The summed E-state index contributed by atoms with van der Waals surface area (Å²) in [6, 6.07) is 1.14. The number of nitrogens with zero attached hydrogens (tertiary/aromatic N) is 1. The second-order valence-corrected chi connectivity index (χ2v) is 3.59. The summed E-state index contributed by atoms with van der Waals surface area (Å²) in [6.07, 6.45) is -6.13. The second-order valence-electron chi connectivity index (χ2n) is 2.80. The molecule has 1 aromatic carbocycles. The molecule has 0 heterocycles. The maximum Gasteiger partial charge on any atom is 0.270 e. The number of hydrogen-bond donors (Lipinski definition) is 0. The average molecular weight is 302 g/mol. The van der Waals surface area contributed by atoms with E-state index in [4.69, 9.17) is 0 Å². The van der Waals surface area contributed by atoms with Crippen molar-refractivity contribution in [2.75, 3.05) is 0 Å². The molecule has 0 unspecified atom stereocenters. The first-order chi connectivity index (χ1) is 7.34. The molecular formula is C8H4BrF4NO2. The maximum atomic E-state index is 12.4. The Labute approximate surface area is 95.3 Å². The quantitative estimate of drug-likeness (QED) is 0.476. The zero-order valence-electron chi connectivity index (χ0n) is 7.46. The molecule has 1 aromatic rings. The van der Waals surface area contributed by atoms with Crippen molar-refractivity contribution in [3.8, 4) is 0 Å². The molecule has 0 bridgehead atoms. The van der Waals surface area contributed by atoms with Crippen molar-refractivity contribution < 1.29 is 22.5 Å². The van der Waals surface area contributed by atoms with E-state index in [1.54, 1.807) is 0 Å². The standard InChI is InChI=1S/C8H4BrF4NO2/c9-6-4(7(10)11)1-3(14(15)16)2-5(6)8(12)13/h1-2,7-8H. The van der Waals surface area contributed by atoms with E-state index in [2.05, 4.69) is 15.9 Å². The van der Waals surface area contributed by atoms with Crippen molar-refractivity contribution in [3.63, 3.8) is 0 Å². The van der Waals surface area contributed by atoms with Crippen LogP contribution in [0, 0.1) is 10.1 Å².